The van der Waals surface area contributed by atoms with Crippen LogP contribution in [0.25, 0.3) is 0 Å². The average Bonchev–Trinajstić information content (AvgIpc) is 2.12. The Hall–Kier alpha value is -1.26. The lowest BCUT2D eigenvalue weighted by Gasteiger charge is -2.26. The molecule has 0 atom stereocenters. The Morgan fingerprint density at radius 2 is 1.82 bits per heavy atom. The number of hydrogen-bond donors (Lipinski definition) is 3. The number of carbonyl (C=O) groups is 2. The number of carboxylic acid groups (broad SMARTS) is 1. The summed E-state index contributed by atoms with van der Waals surface area (Å²) in [6.07, 6.45) is 0.977. The van der Waals surface area contributed by atoms with Crippen molar-refractivity contribution in [2.75, 3.05) is 13.1 Å². The molecule has 0 radical (unpaired) electrons. The lowest BCUT2D eigenvalue weighted by molar-refractivity contribution is -0.136. The molecule has 17 heavy (non-hydrogen) atoms. The molecule has 0 aliphatic heterocycles. The number of nitrogens with one attached hydrogen (secondary N) is 2. The fourth-order valence-corrected chi connectivity index (χ4v) is 1.84. The number of rotatable bonds is 7. The van der Waals surface area contributed by atoms with Crippen molar-refractivity contribution in [3.63, 3.8) is 0 Å². The summed E-state index contributed by atoms with van der Waals surface area (Å²) in [5.41, 5.74) is 0.0539. The van der Waals surface area contributed by atoms with Crippen LogP contribution in [0.2, 0.25) is 0 Å². The molecule has 0 aliphatic carbocycles. The van der Waals surface area contributed by atoms with E-state index in [0.717, 1.165) is 6.42 Å². The Bertz CT molecular complexity index is 262. The monoisotopic (exact) mass is 244 g/mol. The summed E-state index contributed by atoms with van der Waals surface area (Å²) in [6, 6.07) is -0.303. The third-order valence-electron chi connectivity index (χ3n) is 2.31. The summed E-state index contributed by atoms with van der Waals surface area (Å²) in [4.78, 5) is 21.6. The highest BCUT2D eigenvalue weighted by atomic mass is 16.4. The van der Waals surface area contributed by atoms with E-state index in [1.54, 1.807) is 0 Å². The van der Waals surface area contributed by atoms with Crippen LogP contribution in [0.1, 0.15) is 40.5 Å². The first-order chi connectivity index (χ1) is 7.73. The van der Waals surface area contributed by atoms with Gasteiger partial charge >= 0.3 is 12.0 Å². The molecule has 0 saturated heterocycles. The Labute approximate surface area is 103 Å². The first-order valence-electron chi connectivity index (χ1n) is 5.96. The highest BCUT2D eigenvalue weighted by molar-refractivity contribution is 5.74. The van der Waals surface area contributed by atoms with E-state index in [1.165, 1.54) is 0 Å². The van der Waals surface area contributed by atoms with E-state index in [0.29, 0.717) is 12.5 Å². The molecule has 0 aromatic rings. The number of urea groups is 1. The molecule has 100 valence electrons. The maximum absolute atomic E-state index is 11.3. The number of carbonyl (C=O) groups excluding carboxylic acids is 1. The molecule has 0 heterocycles. The maximum atomic E-state index is 11.3. The largest absolute Gasteiger partial charge is 0.481 e. The summed E-state index contributed by atoms with van der Waals surface area (Å²) >= 11 is 0. The minimum absolute atomic E-state index is 0.0528. The van der Waals surface area contributed by atoms with Crippen molar-refractivity contribution < 1.29 is 14.7 Å². The number of carboxylic acids is 1. The molecule has 0 spiro atoms. The number of amides is 2. The molecule has 0 aromatic carbocycles. The highest BCUT2D eigenvalue weighted by Crippen LogP contribution is 2.23. The van der Waals surface area contributed by atoms with E-state index >= 15 is 0 Å². The molecule has 0 aromatic heterocycles. The Morgan fingerprint density at radius 1 is 1.24 bits per heavy atom. The molecule has 0 rings (SSSR count). The molecular weight excluding hydrogens is 220 g/mol. The van der Waals surface area contributed by atoms with Gasteiger partial charge in [0.15, 0.2) is 0 Å². The summed E-state index contributed by atoms with van der Waals surface area (Å²) in [7, 11) is 0. The van der Waals surface area contributed by atoms with Crippen LogP contribution in [-0.2, 0) is 4.79 Å². The van der Waals surface area contributed by atoms with Crippen molar-refractivity contribution in [1.29, 1.82) is 0 Å². The van der Waals surface area contributed by atoms with Gasteiger partial charge in [-0.15, -0.1) is 0 Å². The third kappa shape index (κ3) is 9.66. The predicted octanol–water partition coefficient (Wildman–Crippen LogP) is 1.83. The Kier molecular flexibility index (Phi) is 6.61. The van der Waals surface area contributed by atoms with Crippen molar-refractivity contribution >= 4 is 12.0 Å². The topological polar surface area (TPSA) is 78.4 Å². The molecule has 0 saturated carbocycles. The van der Waals surface area contributed by atoms with Crippen LogP contribution >= 0.6 is 0 Å². The number of hydrogen-bond acceptors (Lipinski definition) is 2. The van der Waals surface area contributed by atoms with E-state index in [4.69, 9.17) is 5.11 Å². The first kappa shape index (κ1) is 15.7. The molecule has 3 N–H and O–H groups in total. The van der Waals surface area contributed by atoms with Crippen LogP contribution in [0, 0.1) is 11.3 Å². The van der Waals surface area contributed by atoms with Crippen LogP contribution in [0.15, 0.2) is 0 Å². The van der Waals surface area contributed by atoms with Gasteiger partial charge in [0.25, 0.3) is 0 Å². The predicted molar refractivity (Wildman–Crippen MR) is 66.9 cm³/mol. The lowest BCUT2D eigenvalue weighted by Crippen LogP contribution is -2.41. The van der Waals surface area contributed by atoms with E-state index < -0.39 is 5.97 Å². The van der Waals surface area contributed by atoms with Crippen LogP contribution in [0.3, 0.4) is 0 Å². The molecule has 0 bridgehead atoms. The van der Waals surface area contributed by atoms with Gasteiger partial charge in [0.1, 0.15) is 0 Å². The van der Waals surface area contributed by atoms with E-state index in [2.05, 4.69) is 38.3 Å². The summed E-state index contributed by atoms with van der Waals surface area (Å²) in [6.45, 7) is 9.24. The van der Waals surface area contributed by atoms with Gasteiger partial charge in [-0.1, -0.05) is 27.7 Å². The van der Waals surface area contributed by atoms with Crippen molar-refractivity contribution in [1.82, 2.24) is 10.6 Å². The summed E-state index contributed by atoms with van der Waals surface area (Å²) in [5.74, 6) is -0.327. The van der Waals surface area contributed by atoms with E-state index in [1.807, 2.05) is 0 Å². The van der Waals surface area contributed by atoms with Crippen molar-refractivity contribution in [3.05, 3.63) is 0 Å². The van der Waals surface area contributed by atoms with Gasteiger partial charge in [0.05, 0.1) is 6.42 Å². The minimum atomic E-state index is -0.912. The zero-order valence-electron chi connectivity index (χ0n) is 11.2. The quantitative estimate of drug-likeness (QED) is 0.639. The van der Waals surface area contributed by atoms with Crippen molar-refractivity contribution in [3.8, 4) is 0 Å². The summed E-state index contributed by atoms with van der Waals surface area (Å²) in [5, 5.41) is 13.7. The maximum Gasteiger partial charge on any atom is 0.314 e. The zero-order valence-corrected chi connectivity index (χ0v) is 11.2. The van der Waals surface area contributed by atoms with Crippen LogP contribution < -0.4 is 10.6 Å². The second-order valence-electron chi connectivity index (χ2n) is 5.52. The highest BCUT2D eigenvalue weighted by Gasteiger charge is 2.20. The van der Waals surface area contributed by atoms with Crippen molar-refractivity contribution in [2.24, 2.45) is 11.3 Å². The Balaban J connectivity index is 3.79. The summed E-state index contributed by atoms with van der Waals surface area (Å²) < 4.78 is 0. The molecule has 0 fully saturated rings. The van der Waals surface area contributed by atoms with Gasteiger partial charge in [-0.3, -0.25) is 4.79 Å². The second-order valence-corrected chi connectivity index (χ2v) is 5.52. The molecule has 5 heteroatoms. The van der Waals surface area contributed by atoms with Gasteiger partial charge < -0.3 is 15.7 Å². The first-order valence-corrected chi connectivity index (χ1v) is 5.96. The fraction of sp³-hybridized carbons (Fsp3) is 0.833. The molecular formula is C12H24N2O3. The third-order valence-corrected chi connectivity index (χ3v) is 2.31. The van der Waals surface area contributed by atoms with Crippen LogP contribution in [-0.4, -0.2) is 30.2 Å². The standard InChI is InChI=1S/C12H24N2O3/c1-9(2)7-12(3,4)8-14-11(17)13-6-5-10(15)16/h9H,5-8H2,1-4H3,(H,15,16)(H2,13,14,17). The average molecular weight is 244 g/mol. The zero-order chi connectivity index (χ0) is 13.5. The molecule has 0 unspecified atom stereocenters. The SMILES string of the molecule is CC(C)CC(C)(C)CNC(=O)NCCC(=O)O. The fourth-order valence-electron chi connectivity index (χ4n) is 1.84. The van der Waals surface area contributed by atoms with Gasteiger partial charge in [-0.05, 0) is 17.8 Å². The van der Waals surface area contributed by atoms with Gasteiger partial charge in [0, 0.05) is 13.1 Å². The Morgan fingerprint density at radius 3 is 2.29 bits per heavy atom. The van der Waals surface area contributed by atoms with Gasteiger partial charge in [0.2, 0.25) is 0 Å². The van der Waals surface area contributed by atoms with Crippen LogP contribution in [0.5, 0.6) is 0 Å². The molecule has 0 aliphatic rings. The van der Waals surface area contributed by atoms with E-state index in [-0.39, 0.29) is 24.4 Å². The minimum Gasteiger partial charge on any atom is -0.481 e. The van der Waals surface area contributed by atoms with Crippen LogP contribution in [0.4, 0.5) is 4.79 Å². The van der Waals surface area contributed by atoms with Gasteiger partial charge in [-0.2, -0.15) is 0 Å². The molecule has 2 amide bonds. The smallest absolute Gasteiger partial charge is 0.314 e. The lowest BCUT2D eigenvalue weighted by atomic mass is 9.84. The van der Waals surface area contributed by atoms with Crippen molar-refractivity contribution in [2.45, 2.75) is 40.5 Å². The van der Waals surface area contributed by atoms with E-state index in [9.17, 15) is 9.59 Å². The second kappa shape index (κ2) is 7.14. The number of aliphatic carboxylic acids is 1. The molecule has 5 nitrogen and oxygen atoms in total. The van der Waals surface area contributed by atoms with Gasteiger partial charge in [-0.25, -0.2) is 4.79 Å². The normalized spacial score (nSPS) is 11.4.